The number of fused-ring (bicyclic) bond motifs is 3. The summed E-state index contributed by atoms with van der Waals surface area (Å²) in [5.74, 6) is -4.35. The topological polar surface area (TPSA) is 138 Å². The van der Waals surface area contributed by atoms with Gasteiger partial charge in [-0.25, -0.2) is 0 Å². The van der Waals surface area contributed by atoms with Crippen LogP contribution in [0.15, 0.2) is 12.2 Å². The number of carboxylic acid groups (broad SMARTS) is 1. The third-order valence-electron chi connectivity index (χ3n) is 9.98. The predicted octanol–water partition coefficient (Wildman–Crippen LogP) is 2.69. The molecule has 0 aromatic heterocycles. The van der Waals surface area contributed by atoms with Gasteiger partial charge in [0.2, 0.25) is 0 Å². The van der Waals surface area contributed by atoms with Gasteiger partial charge in [0.1, 0.15) is 0 Å². The summed E-state index contributed by atoms with van der Waals surface area (Å²) in [4.78, 5) is 52.9. The summed E-state index contributed by atoms with van der Waals surface area (Å²) in [7, 11) is 1.16. The van der Waals surface area contributed by atoms with Crippen molar-refractivity contribution in [2.75, 3.05) is 7.11 Å². The quantitative estimate of drug-likeness (QED) is 0.311. The lowest BCUT2D eigenvalue weighted by Gasteiger charge is -2.67. The van der Waals surface area contributed by atoms with Crippen LogP contribution in [0.2, 0.25) is 0 Å². The Morgan fingerprint density at radius 1 is 1.15 bits per heavy atom. The monoisotopic (exact) mass is 478 g/mol. The van der Waals surface area contributed by atoms with Gasteiger partial charge >= 0.3 is 11.9 Å². The van der Waals surface area contributed by atoms with Gasteiger partial charge in [-0.2, -0.15) is 0 Å². The molecule has 3 aliphatic carbocycles. The number of carbonyl (C=O) groups is 4. The third-order valence-corrected chi connectivity index (χ3v) is 9.98. The number of ketones is 2. The van der Waals surface area contributed by atoms with E-state index in [4.69, 9.17) is 4.74 Å². The van der Waals surface area contributed by atoms with Crippen LogP contribution >= 0.6 is 0 Å². The fraction of sp³-hybridized carbons (Fsp3) is 0.769. The van der Waals surface area contributed by atoms with Crippen molar-refractivity contribution < 1.29 is 39.2 Å². The first-order valence-corrected chi connectivity index (χ1v) is 11.8. The molecule has 7 atom stereocenters. The molecule has 0 aromatic rings. The number of aliphatic carboxylic acids is 1. The maximum atomic E-state index is 14.0. The van der Waals surface area contributed by atoms with Crippen molar-refractivity contribution in [2.24, 2.45) is 33.5 Å². The molecule has 0 aliphatic heterocycles. The van der Waals surface area contributed by atoms with Crippen molar-refractivity contribution in [3.8, 4) is 0 Å². The van der Waals surface area contributed by atoms with E-state index in [1.807, 2.05) is 6.92 Å². The van der Waals surface area contributed by atoms with Gasteiger partial charge in [-0.15, -0.1) is 0 Å². The highest BCUT2D eigenvalue weighted by atomic mass is 16.5. The minimum absolute atomic E-state index is 0.158. The number of Topliss-reactive ketones (excluding diaryl/α,β-unsaturated/α-hetero) is 2. The first-order valence-electron chi connectivity index (χ1n) is 11.8. The smallest absolute Gasteiger partial charge is 0.321 e. The van der Waals surface area contributed by atoms with Gasteiger partial charge in [0.15, 0.2) is 22.6 Å². The highest BCUT2D eigenvalue weighted by Gasteiger charge is 2.85. The van der Waals surface area contributed by atoms with Crippen molar-refractivity contribution in [1.82, 2.24) is 0 Å². The zero-order chi connectivity index (χ0) is 26.3. The van der Waals surface area contributed by atoms with E-state index < -0.39 is 62.3 Å². The van der Waals surface area contributed by atoms with Gasteiger partial charge in [-0.3, -0.25) is 19.2 Å². The first-order chi connectivity index (χ1) is 15.3. The molecule has 3 fully saturated rings. The molecule has 8 heteroatoms. The van der Waals surface area contributed by atoms with E-state index in [2.05, 4.69) is 6.58 Å². The van der Waals surface area contributed by atoms with Crippen LogP contribution < -0.4 is 0 Å². The molecule has 0 unspecified atom stereocenters. The molecular formula is C26H38O8. The molecule has 0 amide bonds. The molecule has 0 bridgehead atoms. The van der Waals surface area contributed by atoms with E-state index in [1.54, 1.807) is 20.8 Å². The van der Waals surface area contributed by atoms with Crippen LogP contribution in [-0.2, 0) is 23.9 Å². The number of aliphatic hydroxyl groups is 2. The molecule has 0 spiro atoms. The Morgan fingerprint density at radius 3 is 2.18 bits per heavy atom. The fourth-order valence-corrected chi connectivity index (χ4v) is 8.45. The van der Waals surface area contributed by atoms with E-state index in [1.165, 1.54) is 6.92 Å². The molecule has 190 valence electrons. The number of hydrogen-bond donors (Lipinski definition) is 3. The molecule has 0 aromatic carbocycles. The second-order valence-corrected chi connectivity index (χ2v) is 12.0. The van der Waals surface area contributed by atoms with Gasteiger partial charge in [0.25, 0.3) is 0 Å². The standard InChI is InChI=1S/C26H38O8/c1-14-13-16-22(4,11-10-17(27)28)15(21(2,3)32)9-12-23(16,5)26(20(31)34-8)19(30)25(7,33)18(29)24(14,26)6/h15-16,32-33H,1,9-13H2,2-8H3,(H,27,28)/t15-,16+,22-,23+,24+,25+,26+/m1/s1. The zero-order valence-electron chi connectivity index (χ0n) is 21.3. The van der Waals surface area contributed by atoms with Crippen LogP contribution in [0.5, 0.6) is 0 Å². The lowest BCUT2D eigenvalue weighted by atomic mass is 9.34. The van der Waals surface area contributed by atoms with E-state index in [0.29, 0.717) is 18.4 Å². The Labute approximate surface area is 200 Å². The Balaban J connectivity index is 2.38. The lowest BCUT2D eigenvalue weighted by Crippen LogP contribution is -2.70. The fourth-order valence-electron chi connectivity index (χ4n) is 8.45. The summed E-state index contributed by atoms with van der Waals surface area (Å²) in [5.41, 5.74) is -8.88. The molecule has 3 aliphatic rings. The summed E-state index contributed by atoms with van der Waals surface area (Å²) in [6.07, 6.45) is 1.01. The number of esters is 1. The highest BCUT2D eigenvalue weighted by Crippen LogP contribution is 2.76. The summed E-state index contributed by atoms with van der Waals surface area (Å²) in [6.45, 7) is 13.8. The van der Waals surface area contributed by atoms with Gasteiger partial charge in [0.05, 0.1) is 18.1 Å². The average Bonchev–Trinajstić information content (AvgIpc) is 2.84. The molecule has 3 rings (SSSR count). The van der Waals surface area contributed by atoms with E-state index in [-0.39, 0.29) is 25.2 Å². The molecule has 34 heavy (non-hydrogen) atoms. The number of rotatable bonds is 5. The van der Waals surface area contributed by atoms with Gasteiger partial charge in [-0.1, -0.05) is 26.0 Å². The summed E-state index contributed by atoms with van der Waals surface area (Å²) in [6, 6.07) is 0. The van der Waals surface area contributed by atoms with Gasteiger partial charge in [-0.05, 0) is 76.0 Å². The van der Waals surface area contributed by atoms with Gasteiger partial charge in [0, 0.05) is 6.42 Å². The number of carbonyl (C=O) groups excluding carboxylic acids is 3. The normalized spacial score (nSPS) is 44.4. The predicted molar refractivity (Wildman–Crippen MR) is 123 cm³/mol. The third kappa shape index (κ3) is 2.84. The van der Waals surface area contributed by atoms with Crippen LogP contribution in [0.3, 0.4) is 0 Å². The van der Waals surface area contributed by atoms with Crippen molar-refractivity contribution in [3.63, 3.8) is 0 Å². The average molecular weight is 479 g/mol. The number of ether oxygens (including phenoxy) is 1. The Hall–Kier alpha value is -2.06. The first kappa shape index (κ1) is 26.5. The van der Waals surface area contributed by atoms with Crippen molar-refractivity contribution >= 4 is 23.5 Å². The molecule has 8 nitrogen and oxygen atoms in total. The Morgan fingerprint density at radius 2 is 1.71 bits per heavy atom. The summed E-state index contributed by atoms with van der Waals surface area (Å²) < 4.78 is 5.19. The SMILES string of the molecule is C=C1C[C@H]2[C@](C)(CCC(=O)O)[C@@H](C(C)(C)O)CC[C@]2(C)[C@@]2(C(=O)OC)C(=O)[C@@](C)(O)C(=O)[C@]12C. The molecule has 0 heterocycles. The van der Waals surface area contributed by atoms with Crippen LogP contribution in [0.25, 0.3) is 0 Å². The number of methoxy groups -OCH3 is 1. The minimum atomic E-state index is -2.39. The van der Waals surface area contributed by atoms with Crippen molar-refractivity contribution in [1.29, 1.82) is 0 Å². The lowest BCUT2D eigenvalue weighted by molar-refractivity contribution is -0.218. The van der Waals surface area contributed by atoms with Crippen LogP contribution in [-0.4, -0.2) is 57.1 Å². The Kier molecular flexibility index (Phi) is 5.83. The van der Waals surface area contributed by atoms with Crippen LogP contribution in [0.1, 0.15) is 73.6 Å². The maximum absolute atomic E-state index is 14.0. The second kappa shape index (κ2) is 7.47. The molecule has 3 saturated carbocycles. The van der Waals surface area contributed by atoms with Gasteiger partial charge < -0.3 is 20.1 Å². The van der Waals surface area contributed by atoms with Crippen LogP contribution in [0.4, 0.5) is 0 Å². The number of allylic oxidation sites excluding steroid dienone is 1. The summed E-state index contributed by atoms with van der Waals surface area (Å²) in [5, 5.41) is 31.7. The van der Waals surface area contributed by atoms with E-state index >= 15 is 0 Å². The molecule has 0 radical (unpaired) electrons. The Bertz CT molecular complexity index is 974. The second-order valence-electron chi connectivity index (χ2n) is 12.0. The maximum Gasteiger partial charge on any atom is 0.321 e. The largest absolute Gasteiger partial charge is 0.481 e. The van der Waals surface area contributed by atoms with Crippen molar-refractivity contribution in [3.05, 3.63) is 12.2 Å². The zero-order valence-corrected chi connectivity index (χ0v) is 21.3. The van der Waals surface area contributed by atoms with Crippen LogP contribution in [0, 0.1) is 33.5 Å². The highest BCUT2D eigenvalue weighted by molar-refractivity contribution is 6.29. The molecular weight excluding hydrogens is 440 g/mol. The molecule has 0 saturated heterocycles. The van der Waals surface area contributed by atoms with E-state index in [9.17, 15) is 34.5 Å². The summed E-state index contributed by atoms with van der Waals surface area (Å²) >= 11 is 0. The number of carboxylic acids is 1. The van der Waals surface area contributed by atoms with E-state index in [0.717, 1.165) is 14.0 Å². The minimum Gasteiger partial charge on any atom is -0.481 e. The number of hydrogen-bond acceptors (Lipinski definition) is 7. The molecule has 3 N–H and O–H groups in total. The van der Waals surface area contributed by atoms with Crippen molar-refractivity contribution in [2.45, 2.75) is 84.8 Å².